The largest absolute Gasteiger partial charge is 0.506 e. The summed E-state index contributed by atoms with van der Waals surface area (Å²) in [6, 6.07) is 7.90. The standard InChI is InChI=1S/C15H20N2O2/c1-2-17-13(11-16-6-8-19-9-7-16)10-12-4-3-5-14(18)15(12)17/h3-5,10,18H,2,6-9,11H2,1H3. The van der Waals surface area contributed by atoms with E-state index in [2.05, 4.69) is 28.5 Å². The summed E-state index contributed by atoms with van der Waals surface area (Å²) in [5.41, 5.74) is 2.22. The molecule has 0 radical (unpaired) electrons. The molecule has 1 aliphatic heterocycles. The fourth-order valence-electron chi connectivity index (χ4n) is 2.84. The molecule has 4 heteroatoms. The molecule has 1 N–H and O–H groups in total. The van der Waals surface area contributed by atoms with Crippen LogP contribution in [0.1, 0.15) is 12.6 Å². The molecule has 1 fully saturated rings. The van der Waals surface area contributed by atoms with Crippen molar-refractivity contribution in [2.75, 3.05) is 26.3 Å². The molecule has 0 saturated carbocycles. The minimum absolute atomic E-state index is 0.368. The van der Waals surface area contributed by atoms with Gasteiger partial charge in [0.15, 0.2) is 0 Å². The van der Waals surface area contributed by atoms with Gasteiger partial charge in [-0.15, -0.1) is 0 Å². The summed E-state index contributed by atoms with van der Waals surface area (Å²) in [4.78, 5) is 2.40. The van der Waals surface area contributed by atoms with Crippen molar-refractivity contribution in [1.82, 2.24) is 9.47 Å². The summed E-state index contributed by atoms with van der Waals surface area (Å²) < 4.78 is 7.59. The predicted octanol–water partition coefficient (Wildman–Crippen LogP) is 2.20. The Morgan fingerprint density at radius 3 is 2.79 bits per heavy atom. The molecule has 102 valence electrons. The first kappa shape index (κ1) is 12.5. The first-order valence-electron chi connectivity index (χ1n) is 6.90. The first-order valence-corrected chi connectivity index (χ1v) is 6.90. The van der Waals surface area contributed by atoms with Crippen LogP contribution in [0.3, 0.4) is 0 Å². The van der Waals surface area contributed by atoms with Gasteiger partial charge >= 0.3 is 0 Å². The molecule has 3 rings (SSSR count). The lowest BCUT2D eigenvalue weighted by Crippen LogP contribution is -2.36. The van der Waals surface area contributed by atoms with E-state index in [-0.39, 0.29) is 0 Å². The number of hydrogen-bond acceptors (Lipinski definition) is 3. The van der Waals surface area contributed by atoms with Crippen LogP contribution in [0.5, 0.6) is 5.75 Å². The molecule has 0 spiro atoms. The summed E-state index contributed by atoms with van der Waals surface area (Å²) in [5.74, 6) is 0.368. The zero-order valence-electron chi connectivity index (χ0n) is 11.3. The molecule has 4 nitrogen and oxygen atoms in total. The Morgan fingerprint density at radius 2 is 2.05 bits per heavy atom. The third-order valence-electron chi connectivity index (χ3n) is 3.79. The van der Waals surface area contributed by atoms with E-state index in [1.54, 1.807) is 6.07 Å². The monoisotopic (exact) mass is 260 g/mol. The molecule has 2 heterocycles. The first-order chi connectivity index (χ1) is 9.29. The normalized spacial score (nSPS) is 17.1. The van der Waals surface area contributed by atoms with Crippen LogP contribution in [0.4, 0.5) is 0 Å². The molecule has 0 atom stereocenters. The van der Waals surface area contributed by atoms with Gasteiger partial charge in [0.2, 0.25) is 0 Å². The van der Waals surface area contributed by atoms with Gasteiger partial charge < -0.3 is 14.4 Å². The molecule has 0 aliphatic carbocycles. The number of aromatic nitrogens is 1. The van der Waals surface area contributed by atoms with Gasteiger partial charge in [0.25, 0.3) is 0 Å². The van der Waals surface area contributed by atoms with E-state index in [0.717, 1.165) is 50.3 Å². The van der Waals surface area contributed by atoms with E-state index in [0.29, 0.717) is 5.75 Å². The molecule has 1 aromatic carbocycles. The lowest BCUT2D eigenvalue weighted by atomic mass is 10.2. The fourth-order valence-corrected chi connectivity index (χ4v) is 2.84. The average molecular weight is 260 g/mol. The van der Waals surface area contributed by atoms with Crippen molar-refractivity contribution in [3.05, 3.63) is 30.0 Å². The van der Waals surface area contributed by atoms with Gasteiger partial charge in [0.1, 0.15) is 5.75 Å². The second-order valence-electron chi connectivity index (χ2n) is 4.98. The Bertz CT molecular complexity index is 571. The zero-order valence-corrected chi connectivity index (χ0v) is 11.3. The molecule has 1 aliphatic rings. The third-order valence-corrected chi connectivity index (χ3v) is 3.79. The van der Waals surface area contributed by atoms with Gasteiger partial charge in [0, 0.05) is 37.3 Å². The van der Waals surface area contributed by atoms with Crippen LogP contribution in [-0.4, -0.2) is 40.9 Å². The Kier molecular flexibility index (Phi) is 3.44. The Hall–Kier alpha value is -1.52. The maximum Gasteiger partial charge on any atom is 0.139 e. The number of aromatic hydroxyl groups is 1. The second-order valence-corrected chi connectivity index (χ2v) is 4.98. The van der Waals surface area contributed by atoms with Gasteiger partial charge in [0.05, 0.1) is 18.7 Å². The van der Waals surface area contributed by atoms with Crippen molar-refractivity contribution < 1.29 is 9.84 Å². The summed E-state index contributed by atoms with van der Waals surface area (Å²) in [6.45, 7) is 7.52. The van der Waals surface area contributed by atoms with Crippen molar-refractivity contribution in [3.8, 4) is 5.75 Å². The number of morpholine rings is 1. The molecule has 1 saturated heterocycles. The highest BCUT2D eigenvalue weighted by Crippen LogP contribution is 2.28. The number of hydrogen-bond donors (Lipinski definition) is 1. The van der Waals surface area contributed by atoms with Crippen LogP contribution in [-0.2, 0) is 17.8 Å². The summed E-state index contributed by atoms with van der Waals surface area (Å²) in [5, 5.41) is 11.2. The molecular formula is C15H20N2O2. The van der Waals surface area contributed by atoms with E-state index in [4.69, 9.17) is 4.74 Å². The van der Waals surface area contributed by atoms with Crippen molar-refractivity contribution in [2.24, 2.45) is 0 Å². The lowest BCUT2D eigenvalue weighted by molar-refractivity contribution is 0.0332. The van der Waals surface area contributed by atoms with E-state index in [9.17, 15) is 5.11 Å². The van der Waals surface area contributed by atoms with Gasteiger partial charge in [-0.25, -0.2) is 0 Å². The number of benzene rings is 1. The highest BCUT2D eigenvalue weighted by atomic mass is 16.5. The molecular weight excluding hydrogens is 240 g/mol. The molecule has 0 unspecified atom stereocenters. The maximum absolute atomic E-state index is 10.0. The van der Waals surface area contributed by atoms with Gasteiger partial charge in [-0.3, -0.25) is 4.90 Å². The Balaban J connectivity index is 1.96. The van der Waals surface area contributed by atoms with Crippen LogP contribution < -0.4 is 0 Å². The minimum atomic E-state index is 0.368. The van der Waals surface area contributed by atoms with Crippen LogP contribution in [0.2, 0.25) is 0 Å². The van der Waals surface area contributed by atoms with Gasteiger partial charge in [-0.2, -0.15) is 0 Å². The van der Waals surface area contributed by atoms with Crippen molar-refractivity contribution in [1.29, 1.82) is 0 Å². The lowest BCUT2D eigenvalue weighted by Gasteiger charge is -2.26. The van der Waals surface area contributed by atoms with Gasteiger partial charge in [-0.1, -0.05) is 12.1 Å². The summed E-state index contributed by atoms with van der Waals surface area (Å²) in [7, 11) is 0. The van der Waals surface area contributed by atoms with E-state index >= 15 is 0 Å². The number of ether oxygens (including phenoxy) is 1. The predicted molar refractivity (Wildman–Crippen MR) is 75.4 cm³/mol. The van der Waals surface area contributed by atoms with Crippen LogP contribution in [0.15, 0.2) is 24.3 Å². The average Bonchev–Trinajstić information content (AvgIpc) is 2.78. The topological polar surface area (TPSA) is 37.6 Å². The highest BCUT2D eigenvalue weighted by Gasteiger charge is 2.15. The van der Waals surface area contributed by atoms with E-state index < -0.39 is 0 Å². The van der Waals surface area contributed by atoms with Crippen LogP contribution in [0, 0.1) is 0 Å². The number of para-hydroxylation sites is 1. The van der Waals surface area contributed by atoms with Crippen molar-refractivity contribution >= 4 is 10.9 Å². The number of phenolic OH excluding ortho intramolecular Hbond substituents is 1. The zero-order chi connectivity index (χ0) is 13.2. The summed E-state index contributed by atoms with van der Waals surface area (Å²) >= 11 is 0. The number of phenols is 1. The van der Waals surface area contributed by atoms with Gasteiger partial charge in [-0.05, 0) is 19.1 Å². The van der Waals surface area contributed by atoms with Crippen molar-refractivity contribution in [3.63, 3.8) is 0 Å². The quantitative estimate of drug-likeness (QED) is 0.919. The highest BCUT2D eigenvalue weighted by molar-refractivity contribution is 5.86. The third kappa shape index (κ3) is 2.33. The molecule has 19 heavy (non-hydrogen) atoms. The van der Waals surface area contributed by atoms with Crippen LogP contribution in [0.25, 0.3) is 10.9 Å². The Labute approximate surface area is 113 Å². The van der Waals surface area contributed by atoms with E-state index in [1.165, 1.54) is 5.69 Å². The van der Waals surface area contributed by atoms with E-state index in [1.807, 2.05) is 6.07 Å². The minimum Gasteiger partial charge on any atom is -0.506 e. The summed E-state index contributed by atoms with van der Waals surface area (Å²) in [6.07, 6.45) is 0. The fraction of sp³-hybridized carbons (Fsp3) is 0.467. The maximum atomic E-state index is 10.0. The molecule has 0 amide bonds. The molecule has 2 aromatic rings. The molecule has 0 bridgehead atoms. The number of rotatable bonds is 3. The Morgan fingerprint density at radius 1 is 1.26 bits per heavy atom. The number of fused-ring (bicyclic) bond motifs is 1. The van der Waals surface area contributed by atoms with Crippen molar-refractivity contribution in [2.45, 2.75) is 20.0 Å². The number of nitrogens with zero attached hydrogens (tertiary/aromatic N) is 2. The molecule has 1 aromatic heterocycles. The van der Waals surface area contributed by atoms with Crippen LogP contribution >= 0.6 is 0 Å². The smallest absolute Gasteiger partial charge is 0.139 e. The SMILES string of the molecule is CCn1c(CN2CCOCC2)cc2cccc(O)c21. The second kappa shape index (κ2) is 5.23. The number of aryl methyl sites for hydroxylation is 1.